The van der Waals surface area contributed by atoms with Crippen LogP contribution in [-0.2, 0) is 0 Å². The zero-order chi connectivity index (χ0) is 18.8. The van der Waals surface area contributed by atoms with E-state index in [4.69, 9.17) is 33.7 Å². The molecule has 0 saturated carbocycles. The molecule has 1 aromatic heterocycles. The van der Waals surface area contributed by atoms with Gasteiger partial charge in [-0.15, -0.1) is 0 Å². The Balaban J connectivity index is 2.31. The number of nitrogens with two attached hydrogens (primary N) is 1. The van der Waals surface area contributed by atoms with Gasteiger partial charge in [0.05, 0.1) is 17.8 Å². The minimum Gasteiger partial charge on any atom is -0.496 e. The van der Waals surface area contributed by atoms with Gasteiger partial charge in [-0.3, -0.25) is 0 Å². The first-order valence-electron chi connectivity index (χ1n) is 7.44. The Labute approximate surface area is 169 Å². The molecule has 7 heteroatoms. The first kappa shape index (κ1) is 18.5. The van der Waals surface area contributed by atoms with E-state index in [2.05, 4.69) is 27.0 Å². The number of ether oxygens (including phenoxy) is 1. The van der Waals surface area contributed by atoms with Gasteiger partial charge in [-0.2, -0.15) is 5.26 Å². The highest BCUT2D eigenvalue weighted by atomic mass is 79.9. The fraction of sp³-hybridized carbons (Fsp3) is 0.0526. The highest BCUT2D eigenvalue weighted by Gasteiger charge is 2.18. The van der Waals surface area contributed by atoms with Crippen LogP contribution in [0, 0.1) is 11.3 Å². The molecule has 2 N–H and O–H groups in total. The van der Waals surface area contributed by atoms with Crippen LogP contribution in [0.4, 0.5) is 5.82 Å². The molecule has 0 radical (unpaired) electrons. The molecule has 26 heavy (non-hydrogen) atoms. The molecule has 130 valence electrons. The number of anilines is 1. The molecule has 0 spiro atoms. The summed E-state index contributed by atoms with van der Waals surface area (Å²) < 4.78 is 6.29. The molecule has 3 rings (SSSR count). The van der Waals surface area contributed by atoms with Gasteiger partial charge >= 0.3 is 0 Å². The van der Waals surface area contributed by atoms with E-state index < -0.39 is 0 Å². The van der Waals surface area contributed by atoms with E-state index in [1.807, 2.05) is 18.2 Å². The van der Waals surface area contributed by atoms with Crippen LogP contribution in [0.1, 0.15) is 5.56 Å². The molecule has 0 saturated heterocycles. The lowest BCUT2D eigenvalue weighted by Crippen LogP contribution is -2.01. The number of halogens is 3. The van der Waals surface area contributed by atoms with E-state index in [-0.39, 0.29) is 11.4 Å². The predicted octanol–water partition coefficient (Wildman–Crippen LogP) is 5.95. The lowest BCUT2D eigenvalue weighted by atomic mass is 9.97. The number of methoxy groups -OCH3 is 1. The molecule has 0 unspecified atom stereocenters. The minimum atomic E-state index is 0.119. The SMILES string of the molecule is COc1ccc(Br)cc1-c1cc(-c2ccc(Cl)cc2Cl)nc(N)c1C#N. The van der Waals surface area contributed by atoms with Gasteiger partial charge < -0.3 is 10.5 Å². The summed E-state index contributed by atoms with van der Waals surface area (Å²) in [4.78, 5) is 4.34. The average molecular weight is 449 g/mol. The topological polar surface area (TPSA) is 71.9 Å². The molecule has 0 aliphatic carbocycles. The van der Waals surface area contributed by atoms with Crippen LogP contribution in [0.25, 0.3) is 22.4 Å². The van der Waals surface area contributed by atoms with Crippen LogP contribution >= 0.6 is 39.1 Å². The van der Waals surface area contributed by atoms with Gasteiger partial charge in [0.1, 0.15) is 23.2 Å². The molecule has 0 amide bonds. The number of nitriles is 1. The third-order valence-electron chi connectivity index (χ3n) is 3.82. The summed E-state index contributed by atoms with van der Waals surface area (Å²) in [7, 11) is 1.57. The second kappa shape index (κ2) is 7.55. The van der Waals surface area contributed by atoms with Gasteiger partial charge in [0.15, 0.2) is 0 Å². The minimum absolute atomic E-state index is 0.119. The molecule has 0 aliphatic rings. The summed E-state index contributed by atoms with van der Waals surface area (Å²) in [6.45, 7) is 0. The number of hydrogen-bond acceptors (Lipinski definition) is 4. The van der Waals surface area contributed by atoms with Crippen molar-refractivity contribution in [1.82, 2.24) is 4.98 Å². The zero-order valence-electron chi connectivity index (χ0n) is 13.6. The second-order valence-electron chi connectivity index (χ2n) is 5.40. The van der Waals surface area contributed by atoms with Crippen molar-refractivity contribution in [2.75, 3.05) is 12.8 Å². The predicted molar refractivity (Wildman–Crippen MR) is 109 cm³/mol. The number of pyridine rings is 1. The third-order valence-corrected chi connectivity index (χ3v) is 4.86. The van der Waals surface area contributed by atoms with E-state index in [0.717, 1.165) is 10.0 Å². The molecule has 0 bridgehead atoms. The molecule has 3 aromatic rings. The molecular formula is C19H12BrCl2N3O. The van der Waals surface area contributed by atoms with Gasteiger partial charge in [-0.05, 0) is 42.5 Å². The standard InChI is InChI=1S/C19H12BrCl2N3O/c1-26-18-5-2-10(20)6-14(18)13-8-17(25-19(24)15(13)9-23)12-4-3-11(21)7-16(12)22/h2-8H,1H3,(H2,24,25). The Hall–Kier alpha value is -2.26. The van der Waals surface area contributed by atoms with Crippen molar-refractivity contribution >= 4 is 44.9 Å². The average Bonchev–Trinajstić information content (AvgIpc) is 2.61. The number of nitrogens with zero attached hydrogens (tertiary/aromatic N) is 2. The largest absolute Gasteiger partial charge is 0.496 e. The molecule has 2 aromatic carbocycles. The summed E-state index contributed by atoms with van der Waals surface area (Å²) in [6.07, 6.45) is 0. The summed E-state index contributed by atoms with van der Waals surface area (Å²) in [6, 6.07) is 14.5. The molecule has 0 aliphatic heterocycles. The maximum Gasteiger partial charge on any atom is 0.142 e. The van der Waals surface area contributed by atoms with Crippen molar-refractivity contribution in [1.29, 1.82) is 5.26 Å². The Morgan fingerprint density at radius 2 is 1.85 bits per heavy atom. The highest BCUT2D eigenvalue weighted by molar-refractivity contribution is 9.10. The maximum atomic E-state index is 9.58. The van der Waals surface area contributed by atoms with Crippen LogP contribution < -0.4 is 10.5 Å². The molecular weight excluding hydrogens is 437 g/mol. The number of aromatic nitrogens is 1. The van der Waals surface area contributed by atoms with Crippen molar-refractivity contribution in [3.05, 3.63) is 62.5 Å². The van der Waals surface area contributed by atoms with Gasteiger partial charge in [-0.1, -0.05) is 39.1 Å². The maximum absolute atomic E-state index is 9.58. The number of nitrogen functional groups attached to an aromatic ring is 1. The van der Waals surface area contributed by atoms with E-state index >= 15 is 0 Å². The van der Waals surface area contributed by atoms with Crippen molar-refractivity contribution in [3.8, 4) is 34.2 Å². The van der Waals surface area contributed by atoms with Crippen molar-refractivity contribution in [2.45, 2.75) is 0 Å². The van der Waals surface area contributed by atoms with Gasteiger partial charge in [0.2, 0.25) is 0 Å². The fourth-order valence-electron chi connectivity index (χ4n) is 2.62. The molecule has 4 nitrogen and oxygen atoms in total. The Kier molecular flexibility index (Phi) is 5.38. The van der Waals surface area contributed by atoms with Crippen LogP contribution in [0.15, 0.2) is 46.9 Å². The van der Waals surface area contributed by atoms with Crippen molar-refractivity contribution < 1.29 is 4.74 Å². The molecule has 0 atom stereocenters. The first-order chi connectivity index (χ1) is 12.4. The monoisotopic (exact) mass is 447 g/mol. The quantitative estimate of drug-likeness (QED) is 0.537. The van der Waals surface area contributed by atoms with E-state index in [1.165, 1.54) is 0 Å². The van der Waals surface area contributed by atoms with Crippen LogP contribution in [0.2, 0.25) is 10.0 Å². The van der Waals surface area contributed by atoms with Crippen LogP contribution in [0.3, 0.4) is 0 Å². The van der Waals surface area contributed by atoms with Crippen molar-refractivity contribution in [3.63, 3.8) is 0 Å². The third kappa shape index (κ3) is 3.49. The van der Waals surface area contributed by atoms with Crippen molar-refractivity contribution in [2.24, 2.45) is 0 Å². The highest BCUT2D eigenvalue weighted by Crippen LogP contribution is 2.39. The Bertz CT molecular complexity index is 1050. The van der Waals surface area contributed by atoms with Crippen LogP contribution in [0.5, 0.6) is 5.75 Å². The summed E-state index contributed by atoms with van der Waals surface area (Å²) in [5, 5.41) is 10.5. The summed E-state index contributed by atoms with van der Waals surface area (Å²) in [5.74, 6) is 0.733. The molecule has 0 fully saturated rings. The molecule has 1 heterocycles. The number of benzene rings is 2. The number of hydrogen-bond donors (Lipinski definition) is 1. The Morgan fingerprint density at radius 1 is 1.08 bits per heavy atom. The second-order valence-corrected chi connectivity index (χ2v) is 7.16. The fourth-order valence-corrected chi connectivity index (χ4v) is 3.49. The van der Waals surface area contributed by atoms with Gasteiger partial charge in [0.25, 0.3) is 0 Å². The normalized spacial score (nSPS) is 10.4. The lowest BCUT2D eigenvalue weighted by Gasteiger charge is -2.14. The summed E-state index contributed by atoms with van der Waals surface area (Å²) in [5.41, 5.74) is 8.88. The van der Waals surface area contributed by atoms with Gasteiger partial charge in [-0.25, -0.2) is 4.98 Å². The van der Waals surface area contributed by atoms with Crippen LogP contribution in [-0.4, -0.2) is 12.1 Å². The van der Waals surface area contributed by atoms with E-state index in [0.29, 0.717) is 32.6 Å². The van der Waals surface area contributed by atoms with E-state index in [9.17, 15) is 5.26 Å². The van der Waals surface area contributed by atoms with Gasteiger partial charge in [0, 0.05) is 26.2 Å². The Morgan fingerprint density at radius 3 is 2.50 bits per heavy atom. The van der Waals surface area contributed by atoms with E-state index in [1.54, 1.807) is 31.4 Å². The zero-order valence-corrected chi connectivity index (χ0v) is 16.7. The lowest BCUT2D eigenvalue weighted by molar-refractivity contribution is 0.416. The number of rotatable bonds is 3. The first-order valence-corrected chi connectivity index (χ1v) is 8.99. The summed E-state index contributed by atoms with van der Waals surface area (Å²) >= 11 is 15.7. The smallest absolute Gasteiger partial charge is 0.142 e.